The maximum absolute atomic E-state index is 10.7. The van der Waals surface area contributed by atoms with E-state index in [0.717, 1.165) is 5.69 Å². The largest absolute Gasteiger partial charge is 0.447 e. The maximum Gasteiger partial charge on any atom is 0.272 e. The van der Waals surface area contributed by atoms with Crippen molar-refractivity contribution in [3.05, 3.63) is 28.0 Å². The zero-order chi connectivity index (χ0) is 16.9. The second-order valence-corrected chi connectivity index (χ2v) is 5.03. The Balaban J connectivity index is 2.23. The molecule has 1 fully saturated rings. The quantitative estimate of drug-likeness (QED) is 0.442. The summed E-state index contributed by atoms with van der Waals surface area (Å²) in [7, 11) is 0. The van der Waals surface area contributed by atoms with Gasteiger partial charge >= 0.3 is 0 Å². The van der Waals surface area contributed by atoms with Gasteiger partial charge in [0.15, 0.2) is 5.03 Å². The summed E-state index contributed by atoms with van der Waals surface area (Å²) in [5, 5.41) is 16.3. The molecule has 1 aromatic heterocycles. The van der Waals surface area contributed by atoms with E-state index in [0.29, 0.717) is 19.1 Å². The normalized spacial score (nSPS) is 18.9. The zero-order valence-electron chi connectivity index (χ0n) is 13.4. The number of hydrogen-bond acceptors (Lipinski definition) is 6. The Morgan fingerprint density at radius 2 is 2.22 bits per heavy atom. The topological polar surface area (TPSA) is 115 Å². The highest BCUT2D eigenvalue weighted by Gasteiger charge is 2.41. The Hall–Kier alpha value is -2.20. The van der Waals surface area contributed by atoms with Crippen LogP contribution in [-0.2, 0) is 16.0 Å². The lowest BCUT2D eigenvalue weighted by atomic mass is 10.2. The van der Waals surface area contributed by atoms with E-state index in [4.69, 9.17) is 13.9 Å². The molecule has 10 heteroatoms. The number of guanidine groups is 1. The Morgan fingerprint density at radius 1 is 1.52 bits per heavy atom. The molecule has 0 aromatic carbocycles. The van der Waals surface area contributed by atoms with Gasteiger partial charge in [-0.25, -0.2) is 15.1 Å². The van der Waals surface area contributed by atoms with Crippen molar-refractivity contribution >= 4 is 5.96 Å². The molecule has 0 atom stereocenters. The van der Waals surface area contributed by atoms with Crippen LogP contribution >= 0.6 is 0 Å². The lowest BCUT2D eigenvalue weighted by Gasteiger charge is -2.42. The van der Waals surface area contributed by atoms with Gasteiger partial charge in [-0.15, -0.1) is 0 Å². The Bertz CT molecular complexity index is 567. The number of rotatable bonds is 7. The van der Waals surface area contributed by atoms with Crippen LogP contribution in [0.5, 0.6) is 0 Å². The van der Waals surface area contributed by atoms with Gasteiger partial charge in [0, 0.05) is 13.2 Å². The van der Waals surface area contributed by atoms with Crippen LogP contribution in [0.3, 0.4) is 0 Å². The van der Waals surface area contributed by atoms with Crippen molar-refractivity contribution < 1.29 is 18.9 Å². The van der Waals surface area contributed by atoms with Crippen molar-refractivity contribution in [2.45, 2.75) is 33.1 Å². The van der Waals surface area contributed by atoms with Crippen molar-refractivity contribution in [1.82, 2.24) is 15.2 Å². The highest BCUT2D eigenvalue weighted by atomic mass is 16.7. The summed E-state index contributed by atoms with van der Waals surface area (Å²) in [6.45, 7) is 7.20. The van der Waals surface area contributed by atoms with Crippen LogP contribution in [0.25, 0.3) is 0 Å². The van der Waals surface area contributed by atoms with Crippen molar-refractivity contribution in [3.8, 4) is 0 Å². The third-order valence-electron chi connectivity index (χ3n) is 3.23. The molecule has 0 saturated carbocycles. The van der Waals surface area contributed by atoms with Crippen molar-refractivity contribution in [2.75, 3.05) is 26.3 Å². The smallest absolute Gasteiger partial charge is 0.272 e. The van der Waals surface area contributed by atoms with Crippen LogP contribution in [0.2, 0.25) is 0 Å². The molecular formula is C13H21N5O5. The van der Waals surface area contributed by atoms with Crippen LogP contribution in [0.15, 0.2) is 15.8 Å². The van der Waals surface area contributed by atoms with Crippen LogP contribution in [0, 0.1) is 17.0 Å². The molecule has 1 saturated heterocycles. The van der Waals surface area contributed by atoms with E-state index in [-0.39, 0.29) is 25.6 Å². The molecule has 128 valence electrons. The molecule has 0 radical (unpaired) electrons. The number of nitrogens with one attached hydrogen (secondary N) is 1. The van der Waals surface area contributed by atoms with E-state index in [2.05, 4.69) is 15.4 Å². The monoisotopic (exact) mass is 327 g/mol. The molecule has 0 bridgehead atoms. The van der Waals surface area contributed by atoms with Crippen LogP contribution in [0.4, 0.5) is 0 Å². The Morgan fingerprint density at radius 3 is 2.74 bits per heavy atom. The molecule has 0 amide bonds. The molecule has 1 aliphatic heterocycles. The predicted octanol–water partition coefficient (Wildman–Crippen LogP) is 0.705. The molecular weight excluding hydrogens is 306 g/mol. The molecule has 1 aromatic rings. The summed E-state index contributed by atoms with van der Waals surface area (Å²) in [4.78, 5) is 16.6. The molecule has 2 rings (SSSR count). The van der Waals surface area contributed by atoms with Gasteiger partial charge in [0.25, 0.3) is 5.96 Å². The third-order valence-corrected chi connectivity index (χ3v) is 3.23. The molecule has 0 aliphatic carbocycles. The van der Waals surface area contributed by atoms with Crippen LogP contribution in [-0.4, -0.2) is 53.0 Å². The SMILES string of the molecule is CCOC1(OCC)CN/C(=N\[N+](=O)[O-])N(Cc2nc(C)co2)C1. The number of oxazole rings is 1. The molecule has 23 heavy (non-hydrogen) atoms. The summed E-state index contributed by atoms with van der Waals surface area (Å²) >= 11 is 0. The minimum Gasteiger partial charge on any atom is -0.447 e. The fourth-order valence-electron chi connectivity index (χ4n) is 2.45. The number of hydrazone groups is 1. The van der Waals surface area contributed by atoms with Gasteiger partial charge in [0.05, 0.1) is 25.3 Å². The average Bonchev–Trinajstić information content (AvgIpc) is 2.87. The van der Waals surface area contributed by atoms with Crippen molar-refractivity contribution in [2.24, 2.45) is 5.10 Å². The van der Waals surface area contributed by atoms with E-state index in [1.807, 2.05) is 13.8 Å². The van der Waals surface area contributed by atoms with Crippen molar-refractivity contribution in [3.63, 3.8) is 0 Å². The number of hydrogen-bond donors (Lipinski definition) is 1. The highest BCUT2D eigenvalue weighted by Crippen LogP contribution is 2.21. The standard InChI is InChI=1S/C13H21N5O5/c1-4-22-13(23-5-2)8-14-12(16-18(19)20)17(9-13)6-11-15-10(3)7-21-11/h7H,4-6,8-9H2,1-3H3,(H,14,16). The van der Waals surface area contributed by atoms with Gasteiger partial charge in [-0.3, -0.25) is 0 Å². The predicted molar refractivity (Wildman–Crippen MR) is 80.1 cm³/mol. The summed E-state index contributed by atoms with van der Waals surface area (Å²) in [6.07, 6.45) is 1.52. The first-order valence-electron chi connectivity index (χ1n) is 7.38. The lowest BCUT2D eigenvalue weighted by Crippen LogP contribution is -2.63. The van der Waals surface area contributed by atoms with Gasteiger partial charge < -0.3 is 24.1 Å². The fourth-order valence-corrected chi connectivity index (χ4v) is 2.45. The average molecular weight is 327 g/mol. The number of aromatic nitrogens is 1. The third kappa shape index (κ3) is 4.39. The molecule has 1 aliphatic rings. The zero-order valence-corrected chi connectivity index (χ0v) is 13.4. The lowest BCUT2D eigenvalue weighted by molar-refractivity contribution is -0.486. The Kier molecular flexibility index (Phi) is 5.50. The second-order valence-electron chi connectivity index (χ2n) is 5.03. The minimum absolute atomic E-state index is 0.126. The first kappa shape index (κ1) is 17.2. The van der Waals surface area contributed by atoms with Crippen LogP contribution in [0.1, 0.15) is 25.4 Å². The Labute approximate surface area is 133 Å². The molecule has 10 nitrogen and oxygen atoms in total. The van der Waals surface area contributed by atoms with Gasteiger partial charge in [-0.05, 0) is 20.8 Å². The fraction of sp³-hybridized carbons (Fsp3) is 0.692. The van der Waals surface area contributed by atoms with Crippen molar-refractivity contribution in [1.29, 1.82) is 0 Å². The molecule has 2 heterocycles. The first-order chi connectivity index (χ1) is 11.0. The summed E-state index contributed by atoms with van der Waals surface area (Å²) in [5.74, 6) is -0.342. The first-order valence-corrected chi connectivity index (χ1v) is 7.38. The van der Waals surface area contributed by atoms with E-state index in [1.54, 1.807) is 11.8 Å². The van der Waals surface area contributed by atoms with Crippen LogP contribution < -0.4 is 5.32 Å². The summed E-state index contributed by atoms with van der Waals surface area (Å²) < 4.78 is 16.8. The van der Waals surface area contributed by atoms with Gasteiger partial charge in [0.1, 0.15) is 11.4 Å². The van der Waals surface area contributed by atoms with E-state index in [9.17, 15) is 10.1 Å². The summed E-state index contributed by atoms with van der Waals surface area (Å²) in [5.41, 5.74) is 0.735. The van der Waals surface area contributed by atoms with Gasteiger partial charge in [0.2, 0.25) is 11.7 Å². The number of aryl methyl sites for hydroxylation is 1. The van der Waals surface area contributed by atoms with Gasteiger partial charge in [-0.2, -0.15) is 0 Å². The molecule has 0 spiro atoms. The number of nitrogens with zero attached hydrogens (tertiary/aromatic N) is 4. The van der Waals surface area contributed by atoms with Gasteiger partial charge in [-0.1, -0.05) is 0 Å². The summed E-state index contributed by atoms with van der Waals surface area (Å²) in [6, 6.07) is 0. The number of ether oxygens (including phenoxy) is 2. The van der Waals surface area contributed by atoms with E-state index in [1.165, 1.54) is 6.26 Å². The minimum atomic E-state index is -0.902. The molecule has 1 N–H and O–H groups in total. The van der Waals surface area contributed by atoms with E-state index < -0.39 is 10.8 Å². The number of nitro groups is 1. The van der Waals surface area contributed by atoms with E-state index >= 15 is 0 Å². The second kappa shape index (κ2) is 7.38. The molecule has 0 unspecified atom stereocenters. The highest BCUT2D eigenvalue weighted by molar-refractivity contribution is 5.80. The maximum atomic E-state index is 10.7.